The summed E-state index contributed by atoms with van der Waals surface area (Å²) >= 11 is 5.84. The van der Waals surface area contributed by atoms with Crippen molar-refractivity contribution in [3.8, 4) is 23.0 Å². The van der Waals surface area contributed by atoms with Crippen LogP contribution >= 0.6 is 11.6 Å². The molecule has 0 unspecified atom stereocenters. The summed E-state index contributed by atoms with van der Waals surface area (Å²) < 4.78 is 8.68. The van der Waals surface area contributed by atoms with Crippen LogP contribution in [0.4, 0.5) is 0 Å². The second kappa shape index (κ2) is 6.65. The normalized spacial score (nSPS) is 11.0. The third kappa shape index (κ3) is 2.95. The molecule has 130 valence electrons. The lowest BCUT2D eigenvalue weighted by Gasteiger charge is -2.13. The summed E-state index contributed by atoms with van der Waals surface area (Å²) in [6.07, 6.45) is 3.61. The third-order valence-corrected chi connectivity index (χ3v) is 4.35. The molecule has 0 atom stereocenters. The van der Waals surface area contributed by atoms with Gasteiger partial charge < -0.3 is 9.30 Å². The molecule has 1 aromatic heterocycles. The van der Waals surface area contributed by atoms with E-state index in [1.54, 1.807) is 23.9 Å². The lowest BCUT2D eigenvalue weighted by Crippen LogP contribution is -2.14. The minimum absolute atomic E-state index is 0.320. The molecular formula is C19H15ClN4O2. The van der Waals surface area contributed by atoms with Crippen molar-refractivity contribution in [1.29, 1.82) is 0 Å². The zero-order valence-electron chi connectivity index (χ0n) is 14.0. The van der Waals surface area contributed by atoms with E-state index in [-0.39, 0.29) is 5.69 Å². The second-order valence-corrected chi connectivity index (χ2v) is 6.15. The fraction of sp³-hybridized carbons (Fsp3) is 0.105. The van der Waals surface area contributed by atoms with Crippen molar-refractivity contribution in [2.24, 2.45) is 0 Å². The van der Waals surface area contributed by atoms with Crippen molar-refractivity contribution in [1.82, 2.24) is 19.1 Å². The number of hydrogen-bond donors (Lipinski definition) is 0. The van der Waals surface area contributed by atoms with Crippen LogP contribution in [0.15, 0.2) is 65.7 Å². The first-order valence-electron chi connectivity index (χ1n) is 7.98. The number of benzene rings is 1. The monoisotopic (exact) mass is 366 g/mol. The van der Waals surface area contributed by atoms with Crippen molar-refractivity contribution in [2.75, 3.05) is 7.11 Å². The maximum absolute atomic E-state index is 12.5. The summed E-state index contributed by atoms with van der Waals surface area (Å²) in [4.78, 5) is 20.9. The van der Waals surface area contributed by atoms with Gasteiger partial charge in [0.05, 0.1) is 25.0 Å². The number of aromatic nitrogens is 4. The van der Waals surface area contributed by atoms with E-state index in [0.717, 1.165) is 22.7 Å². The minimum atomic E-state index is -0.320. The Labute approximate surface area is 154 Å². The second-order valence-electron chi connectivity index (χ2n) is 5.76. The third-order valence-electron chi connectivity index (χ3n) is 4.13. The van der Waals surface area contributed by atoms with E-state index in [2.05, 4.69) is 9.97 Å². The summed E-state index contributed by atoms with van der Waals surface area (Å²) in [5, 5.41) is 0.447. The van der Waals surface area contributed by atoms with E-state index in [4.69, 9.17) is 16.3 Å². The lowest BCUT2D eigenvalue weighted by molar-refractivity contribution is 0.414. The Morgan fingerprint density at radius 2 is 1.92 bits per heavy atom. The number of halogens is 1. The Bertz CT molecular complexity index is 1070. The van der Waals surface area contributed by atoms with E-state index < -0.39 is 0 Å². The molecule has 0 bridgehead atoms. The molecule has 2 aliphatic rings. The molecule has 0 N–H and O–H groups in total. The Balaban J connectivity index is 1.75. The van der Waals surface area contributed by atoms with Gasteiger partial charge in [-0.05, 0) is 48.0 Å². The highest BCUT2D eigenvalue weighted by molar-refractivity contribution is 6.29. The smallest absolute Gasteiger partial charge is 0.354 e. The molecule has 0 saturated heterocycles. The molecule has 4 rings (SSSR count). The van der Waals surface area contributed by atoms with Crippen molar-refractivity contribution in [3.63, 3.8) is 0 Å². The number of pyridine rings is 2. The molecule has 0 saturated carbocycles. The topological polar surface area (TPSA) is 61.9 Å². The molecule has 0 radical (unpaired) electrons. The predicted octanol–water partition coefficient (Wildman–Crippen LogP) is 3.24. The van der Waals surface area contributed by atoms with Gasteiger partial charge in [0.2, 0.25) is 0 Å². The number of methoxy groups -OCH3 is 1. The summed E-state index contributed by atoms with van der Waals surface area (Å²) in [6.45, 7) is 0.542. The molecule has 0 spiro atoms. The van der Waals surface area contributed by atoms with E-state index in [9.17, 15) is 4.79 Å². The van der Waals surface area contributed by atoms with Crippen LogP contribution in [0.5, 0.6) is 5.75 Å². The SMILES string of the molecule is COc1ccc(-n2c3cccn(Cc4ccc(Cl)nc4)c-3nc2=O)cc1. The molecule has 2 aliphatic heterocycles. The fourth-order valence-electron chi connectivity index (χ4n) is 2.88. The molecule has 26 heavy (non-hydrogen) atoms. The van der Waals surface area contributed by atoms with E-state index in [0.29, 0.717) is 17.5 Å². The molecule has 1 aromatic carbocycles. The number of imidazole rings is 1. The van der Waals surface area contributed by atoms with Crippen LogP contribution in [0.2, 0.25) is 5.15 Å². The highest BCUT2D eigenvalue weighted by Crippen LogP contribution is 2.23. The van der Waals surface area contributed by atoms with Gasteiger partial charge in [0.25, 0.3) is 0 Å². The Morgan fingerprint density at radius 1 is 1.12 bits per heavy atom. The molecule has 0 fully saturated rings. The number of rotatable bonds is 4. The van der Waals surface area contributed by atoms with E-state index in [1.165, 1.54) is 0 Å². The van der Waals surface area contributed by atoms with Gasteiger partial charge in [-0.1, -0.05) is 17.7 Å². The Kier molecular flexibility index (Phi) is 4.18. The van der Waals surface area contributed by atoms with Gasteiger partial charge in [-0.2, -0.15) is 4.98 Å². The fourth-order valence-corrected chi connectivity index (χ4v) is 2.99. The predicted molar refractivity (Wildman–Crippen MR) is 99.3 cm³/mol. The van der Waals surface area contributed by atoms with Crippen LogP contribution < -0.4 is 10.4 Å². The van der Waals surface area contributed by atoms with Gasteiger partial charge in [-0.3, -0.25) is 4.57 Å². The average Bonchev–Trinajstić information content (AvgIpc) is 3.00. The van der Waals surface area contributed by atoms with Crippen LogP contribution in [0, 0.1) is 0 Å². The molecule has 3 heterocycles. The van der Waals surface area contributed by atoms with Crippen molar-refractivity contribution in [2.45, 2.75) is 6.54 Å². The van der Waals surface area contributed by atoms with Crippen LogP contribution in [-0.4, -0.2) is 26.2 Å². The van der Waals surface area contributed by atoms with Gasteiger partial charge >= 0.3 is 5.69 Å². The van der Waals surface area contributed by atoms with E-state index in [1.807, 2.05) is 53.2 Å². The number of nitrogens with zero attached hydrogens (tertiary/aromatic N) is 4. The van der Waals surface area contributed by atoms with Crippen molar-refractivity contribution >= 4 is 11.6 Å². The standard InChI is InChI=1S/C19H15ClN4O2/c1-26-15-7-5-14(6-8-15)24-16-3-2-10-23(18(16)22-19(24)25)12-13-4-9-17(20)21-11-13/h2-11H,12H2,1H3. The van der Waals surface area contributed by atoms with Crippen LogP contribution in [0.1, 0.15) is 5.56 Å². The molecule has 6 nitrogen and oxygen atoms in total. The zero-order chi connectivity index (χ0) is 18.1. The maximum atomic E-state index is 12.5. The summed E-state index contributed by atoms with van der Waals surface area (Å²) in [5.41, 5.74) is 2.13. The first-order chi connectivity index (χ1) is 12.7. The largest absolute Gasteiger partial charge is 0.497 e. The zero-order valence-corrected chi connectivity index (χ0v) is 14.7. The van der Waals surface area contributed by atoms with Gasteiger partial charge in [0.1, 0.15) is 10.9 Å². The first-order valence-corrected chi connectivity index (χ1v) is 8.36. The molecule has 2 aromatic rings. The van der Waals surface area contributed by atoms with Gasteiger partial charge in [0.15, 0.2) is 5.82 Å². The van der Waals surface area contributed by atoms with Gasteiger partial charge in [-0.25, -0.2) is 9.78 Å². The molecular weight excluding hydrogens is 352 g/mol. The first kappa shape index (κ1) is 16.4. The minimum Gasteiger partial charge on any atom is -0.497 e. The summed E-state index contributed by atoms with van der Waals surface area (Å²) in [5.74, 6) is 1.35. The van der Waals surface area contributed by atoms with Crippen molar-refractivity contribution in [3.05, 3.63) is 82.1 Å². The molecule has 0 aliphatic carbocycles. The quantitative estimate of drug-likeness (QED) is 0.520. The molecule has 7 heteroatoms. The van der Waals surface area contributed by atoms with Gasteiger partial charge in [-0.15, -0.1) is 0 Å². The van der Waals surface area contributed by atoms with Crippen LogP contribution in [0.25, 0.3) is 17.2 Å². The average molecular weight is 367 g/mol. The van der Waals surface area contributed by atoms with Gasteiger partial charge in [0, 0.05) is 12.4 Å². The maximum Gasteiger partial charge on any atom is 0.354 e. The summed E-state index contributed by atoms with van der Waals surface area (Å²) in [7, 11) is 1.61. The van der Waals surface area contributed by atoms with Crippen LogP contribution in [0.3, 0.4) is 0 Å². The van der Waals surface area contributed by atoms with Crippen LogP contribution in [-0.2, 0) is 6.54 Å². The number of hydrogen-bond acceptors (Lipinski definition) is 4. The highest BCUT2D eigenvalue weighted by Gasteiger charge is 2.18. The number of fused-ring (bicyclic) bond motifs is 1. The van der Waals surface area contributed by atoms with Crippen molar-refractivity contribution < 1.29 is 4.74 Å². The van der Waals surface area contributed by atoms with E-state index >= 15 is 0 Å². The lowest BCUT2D eigenvalue weighted by atomic mass is 10.2. The molecule has 0 amide bonds. The highest BCUT2D eigenvalue weighted by atomic mass is 35.5. The number of ether oxygens (including phenoxy) is 1. The Morgan fingerprint density at radius 3 is 2.62 bits per heavy atom. The Hall–Kier alpha value is -3.12. The summed E-state index contributed by atoms with van der Waals surface area (Å²) in [6, 6.07) is 14.7.